The maximum absolute atomic E-state index is 10.1. The summed E-state index contributed by atoms with van der Waals surface area (Å²) in [5, 5.41) is -7.86. The van der Waals surface area contributed by atoms with Crippen molar-refractivity contribution >= 4 is 75.8 Å². The van der Waals surface area contributed by atoms with Crippen molar-refractivity contribution in [3.05, 3.63) is 181 Å². The van der Waals surface area contributed by atoms with Crippen molar-refractivity contribution in [1.29, 1.82) is 0 Å². The molecule has 0 unspecified atom stereocenters. The average molecular weight is 677 g/mol. The van der Waals surface area contributed by atoms with Crippen LogP contribution in [0.15, 0.2) is 186 Å². The van der Waals surface area contributed by atoms with E-state index in [1.165, 1.54) is 0 Å². The smallest absolute Gasteiger partial charge is 0.143 e. The molecule has 0 N–H and O–H groups in total. The fourth-order valence-corrected chi connectivity index (χ4v) is 6.53. The van der Waals surface area contributed by atoms with Crippen molar-refractivity contribution < 1.29 is 45.5 Å². The Morgan fingerprint density at radius 1 is 0.333 bits per heavy atom. The van der Waals surface area contributed by atoms with E-state index in [0.717, 1.165) is 0 Å². The van der Waals surface area contributed by atoms with Gasteiger partial charge in [-0.3, -0.25) is 0 Å². The first-order chi connectivity index (χ1) is 37.8. The van der Waals surface area contributed by atoms with Gasteiger partial charge in [0, 0.05) is 16.2 Å². The van der Waals surface area contributed by atoms with E-state index in [9.17, 15) is 15.1 Å². The van der Waals surface area contributed by atoms with E-state index in [4.69, 9.17) is 30.5 Å². The molecule has 51 heavy (non-hydrogen) atoms. The van der Waals surface area contributed by atoms with E-state index in [1.807, 2.05) is 0 Å². The first-order valence-corrected chi connectivity index (χ1v) is 15.2. The molecule has 11 aromatic rings. The molecule has 0 aliphatic carbocycles. The molecule has 0 saturated heterocycles. The van der Waals surface area contributed by atoms with Gasteiger partial charge in [0.25, 0.3) is 0 Å². The second-order valence-corrected chi connectivity index (χ2v) is 11.3. The molecular formula is C50H30O. The zero-order valence-corrected chi connectivity index (χ0v) is 25.4. The summed E-state index contributed by atoms with van der Waals surface area (Å²) in [6.07, 6.45) is 0. The molecule has 0 amide bonds. The number of fused-ring (bicyclic) bond motifs is 10. The highest BCUT2D eigenvalue weighted by atomic mass is 16.3. The number of hydrogen-bond acceptors (Lipinski definition) is 1. The summed E-state index contributed by atoms with van der Waals surface area (Å²) in [5.74, 6) is 0. The first-order valence-electron chi connectivity index (χ1n) is 30.2. The molecule has 1 nitrogen and oxygen atoms in total. The Balaban J connectivity index is 1.45. The minimum Gasteiger partial charge on any atom is -0.455 e. The Kier molecular flexibility index (Phi) is 2.50. The molecule has 10 aromatic carbocycles. The zero-order valence-electron chi connectivity index (χ0n) is 55.4. The van der Waals surface area contributed by atoms with Gasteiger partial charge in [-0.15, -0.1) is 0 Å². The summed E-state index contributed by atoms with van der Waals surface area (Å²) >= 11 is 0. The average Bonchev–Trinajstić information content (AvgIpc) is 2.50. The molecule has 236 valence electrons. The molecule has 1 aromatic heterocycles. The Labute approximate surface area is 336 Å². The van der Waals surface area contributed by atoms with Gasteiger partial charge in [0.05, 0.1) is 41.1 Å². The molecule has 11 rings (SSSR count). The van der Waals surface area contributed by atoms with Gasteiger partial charge in [-0.1, -0.05) is 163 Å². The van der Waals surface area contributed by atoms with Crippen molar-refractivity contribution in [2.24, 2.45) is 0 Å². The summed E-state index contributed by atoms with van der Waals surface area (Å²) in [5.41, 5.74) is -6.24. The summed E-state index contributed by atoms with van der Waals surface area (Å²) in [4.78, 5) is 0. The lowest BCUT2D eigenvalue weighted by atomic mass is 9.84. The minimum atomic E-state index is -1.15. The summed E-state index contributed by atoms with van der Waals surface area (Å²) in [6, 6.07) is -28.8. The fraction of sp³-hybridized carbons (Fsp3) is 0. The van der Waals surface area contributed by atoms with Crippen LogP contribution in [-0.4, -0.2) is 0 Å². The Bertz CT molecular complexity index is 4850. The van der Waals surface area contributed by atoms with Crippen molar-refractivity contribution in [1.82, 2.24) is 0 Å². The van der Waals surface area contributed by atoms with Crippen LogP contribution in [0.25, 0.3) is 109 Å². The lowest BCUT2D eigenvalue weighted by Gasteiger charge is -2.19. The second-order valence-electron chi connectivity index (χ2n) is 11.3. The maximum atomic E-state index is 10.1. The highest BCUT2D eigenvalue weighted by Crippen LogP contribution is 2.48. The van der Waals surface area contributed by atoms with Crippen LogP contribution >= 0.6 is 0 Å². The normalized spacial score (nSPS) is 20.2. The highest BCUT2D eigenvalue weighted by molar-refractivity contribution is 6.27. The molecule has 1 heterocycles. The van der Waals surface area contributed by atoms with Gasteiger partial charge in [0.15, 0.2) is 0 Å². The second kappa shape index (κ2) is 10.9. The lowest BCUT2D eigenvalue weighted by Crippen LogP contribution is -1.92. The third-order valence-electron chi connectivity index (χ3n) is 8.62. The predicted octanol–water partition coefficient (Wildman–Crippen LogP) is 14.4. The molecule has 0 fully saturated rings. The van der Waals surface area contributed by atoms with E-state index in [0.29, 0.717) is 0 Å². The monoisotopic (exact) mass is 676 g/mol. The molecule has 0 saturated carbocycles. The Hall–Kier alpha value is -6.70. The van der Waals surface area contributed by atoms with Gasteiger partial charge < -0.3 is 4.42 Å². The molecule has 0 atom stereocenters. The standard InChI is InChI=1S/C50H30O/c1-3-17-36-31(12-1)26-27-33-14-10-23-37(46(33)36)34-15-9-16-35(30-34)47-39-19-5-7-21-41(39)48(42-22-8-6-20-40(42)47)43-24-11-25-45-49(43)44-29-28-32-13-2-4-18-38(32)50(44)51-45/h1-30H/i1D,2D,3D,4D,5D,6D,7D,8D,9D,10D,11D,12D,13D,14D,15D,16D,17D,18D,19D,20D,21D,22D,23D,24D,25D,26D,27D,28D,29D,30D. The van der Waals surface area contributed by atoms with Gasteiger partial charge in [0.1, 0.15) is 11.2 Å². The highest BCUT2D eigenvalue weighted by Gasteiger charge is 2.21. The first kappa shape index (κ1) is 11.7. The number of benzene rings is 10. The van der Waals surface area contributed by atoms with Gasteiger partial charge >= 0.3 is 0 Å². The third kappa shape index (κ3) is 4.16. The summed E-state index contributed by atoms with van der Waals surface area (Å²) in [6.45, 7) is 0. The van der Waals surface area contributed by atoms with Crippen molar-refractivity contribution in [2.45, 2.75) is 0 Å². The Morgan fingerprint density at radius 2 is 0.863 bits per heavy atom. The van der Waals surface area contributed by atoms with E-state index in [2.05, 4.69) is 0 Å². The Morgan fingerprint density at radius 3 is 1.63 bits per heavy atom. The van der Waals surface area contributed by atoms with Gasteiger partial charge in [-0.2, -0.15) is 0 Å². The quantitative estimate of drug-likeness (QED) is 0.134. The molecule has 0 aliphatic heterocycles. The fourth-order valence-electron chi connectivity index (χ4n) is 6.53. The molecule has 0 radical (unpaired) electrons. The molecule has 0 aliphatic rings. The lowest BCUT2D eigenvalue weighted by molar-refractivity contribution is 0.673. The molecule has 0 bridgehead atoms. The van der Waals surface area contributed by atoms with Gasteiger partial charge in [-0.25, -0.2) is 0 Å². The number of furan rings is 1. The van der Waals surface area contributed by atoms with Gasteiger partial charge in [0.2, 0.25) is 0 Å². The molecule has 1 heteroatoms. The maximum Gasteiger partial charge on any atom is 0.143 e. The SMILES string of the molecule is [2H]c1c([2H])c(-c2c3c([2H])c([2H])c([2H])c([2H])c3c(-c3c([2H])c([2H])c([2H])c4oc5c6c([2H])c([2H])c([2H])c([2H])c6c([2H])c([2H])c5c34)c3c([2H])c([2H])c([2H])c([2H])c23)c([2H])c(-c2c([2H])c([2H])c([2H])c3c([2H])c([2H])c4c([2H])c([2H])c([2H])c([2H])c4c23)c1[2H]. The largest absolute Gasteiger partial charge is 0.455 e. The van der Waals surface area contributed by atoms with Crippen LogP contribution in [0.1, 0.15) is 41.1 Å². The van der Waals surface area contributed by atoms with Crippen molar-refractivity contribution in [3.8, 4) is 33.4 Å². The number of rotatable bonds is 3. The van der Waals surface area contributed by atoms with Crippen LogP contribution in [0, 0.1) is 0 Å². The van der Waals surface area contributed by atoms with E-state index >= 15 is 0 Å². The van der Waals surface area contributed by atoms with Crippen LogP contribution in [0.3, 0.4) is 0 Å². The minimum absolute atomic E-state index is 0.484. The topological polar surface area (TPSA) is 13.1 Å². The zero-order chi connectivity index (χ0) is 59.6. The molecule has 0 spiro atoms. The van der Waals surface area contributed by atoms with Crippen LogP contribution in [-0.2, 0) is 0 Å². The van der Waals surface area contributed by atoms with E-state index < -0.39 is 290 Å². The van der Waals surface area contributed by atoms with Crippen molar-refractivity contribution in [2.75, 3.05) is 0 Å². The summed E-state index contributed by atoms with van der Waals surface area (Å²) < 4.78 is 280. The van der Waals surface area contributed by atoms with Crippen LogP contribution in [0.4, 0.5) is 0 Å². The van der Waals surface area contributed by atoms with Crippen LogP contribution in [0.2, 0.25) is 0 Å². The van der Waals surface area contributed by atoms with Crippen LogP contribution in [0.5, 0.6) is 0 Å². The third-order valence-corrected chi connectivity index (χ3v) is 8.62. The summed E-state index contributed by atoms with van der Waals surface area (Å²) in [7, 11) is 0. The van der Waals surface area contributed by atoms with E-state index in [1.54, 1.807) is 0 Å². The van der Waals surface area contributed by atoms with Crippen LogP contribution < -0.4 is 0 Å². The van der Waals surface area contributed by atoms with Crippen molar-refractivity contribution in [3.63, 3.8) is 0 Å². The number of hydrogen-bond donors (Lipinski definition) is 0. The van der Waals surface area contributed by atoms with Gasteiger partial charge in [-0.05, 0) is 100.0 Å². The van der Waals surface area contributed by atoms with E-state index in [-0.39, 0.29) is 0 Å². The predicted molar refractivity (Wildman–Crippen MR) is 218 cm³/mol. The molecular weight excluding hydrogens is 617 g/mol.